The van der Waals surface area contributed by atoms with Gasteiger partial charge in [0.1, 0.15) is 5.69 Å². The van der Waals surface area contributed by atoms with Crippen LogP contribution in [0.5, 0.6) is 0 Å². The van der Waals surface area contributed by atoms with Crippen molar-refractivity contribution in [2.75, 3.05) is 19.6 Å². The number of carbonyl (C=O) groups excluding carboxylic acids is 1. The molecule has 0 spiro atoms. The lowest BCUT2D eigenvalue weighted by molar-refractivity contribution is 0.0668. The Morgan fingerprint density at radius 2 is 2.10 bits per heavy atom. The van der Waals surface area contributed by atoms with Crippen LogP contribution in [0.1, 0.15) is 41.9 Å². The number of carbonyl (C=O) groups is 1. The molecule has 2 saturated heterocycles. The Hall–Kier alpha value is -1.07. The molecule has 3 heterocycles. The maximum Gasteiger partial charge on any atom is 0.274 e. The molecule has 2 aliphatic rings. The molecule has 0 saturated carbocycles. The fraction of sp³-hybridized carbons (Fsp3) is 0.714. The van der Waals surface area contributed by atoms with E-state index in [0.29, 0.717) is 11.7 Å². The van der Waals surface area contributed by atoms with Crippen LogP contribution < -0.4 is 5.32 Å². The predicted octanol–water partition coefficient (Wildman–Crippen LogP) is 1.74. The quantitative estimate of drug-likeness (QED) is 0.874. The second kappa shape index (κ2) is 6.59. The van der Waals surface area contributed by atoms with Crippen molar-refractivity contribution in [3.63, 3.8) is 0 Å². The zero-order valence-corrected chi connectivity index (χ0v) is 12.7. The van der Waals surface area contributed by atoms with Crippen LogP contribution in [-0.4, -0.2) is 46.7 Å². The Balaban J connectivity index is 0.00000147. The van der Waals surface area contributed by atoms with E-state index >= 15 is 0 Å². The van der Waals surface area contributed by atoms with Crippen molar-refractivity contribution in [3.8, 4) is 0 Å². The van der Waals surface area contributed by atoms with Crippen LogP contribution in [-0.2, 0) is 0 Å². The average Bonchev–Trinajstić information content (AvgIpc) is 3.09. The Morgan fingerprint density at radius 3 is 2.65 bits per heavy atom. The largest absolute Gasteiger partial charge is 0.337 e. The highest BCUT2D eigenvalue weighted by Crippen LogP contribution is 2.26. The topological polar surface area (TPSA) is 61.0 Å². The van der Waals surface area contributed by atoms with Gasteiger partial charge in [0.2, 0.25) is 0 Å². The maximum atomic E-state index is 12.3. The molecular formula is C14H23ClN4O. The third-order valence-corrected chi connectivity index (χ3v) is 4.42. The number of halogens is 1. The number of nitrogens with one attached hydrogen (secondary N) is 2. The molecule has 0 aromatic carbocycles. The first kappa shape index (κ1) is 15.3. The molecule has 1 aromatic heterocycles. The molecular weight excluding hydrogens is 276 g/mol. The number of aromatic nitrogens is 2. The number of piperidine rings is 1. The molecule has 6 heteroatoms. The minimum Gasteiger partial charge on any atom is -0.337 e. The molecule has 2 N–H and O–H groups in total. The van der Waals surface area contributed by atoms with Crippen LogP contribution in [0.3, 0.4) is 0 Å². The standard InChI is InChI=1S/C14H22N4O.ClH/c1-10-9-13(17-16-10)14(19)18-7-4-11(5-8-18)12-3-2-6-15-12;/h9,11-12,15H,2-8H2,1H3,(H,16,17);1H. The molecule has 0 radical (unpaired) electrons. The number of aryl methyl sites for hydroxylation is 1. The number of aromatic amines is 1. The van der Waals surface area contributed by atoms with Crippen LogP contribution in [0.4, 0.5) is 0 Å². The predicted molar refractivity (Wildman–Crippen MR) is 80.2 cm³/mol. The zero-order chi connectivity index (χ0) is 13.2. The van der Waals surface area contributed by atoms with E-state index in [1.807, 2.05) is 17.9 Å². The van der Waals surface area contributed by atoms with Gasteiger partial charge >= 0.3 is 0 Å². The highest BCUT2D eigenvalue weighted by atomic mass is 35.5. The van der Waals surface area contributed by atoms with Crippen LogP contribution in [0.2, 0.25) is 0 Å². The fourth-order valence-electron chi connectivity index (χ4n) is 3.31. The summed E-state index contributed by atoms with van der Waals surface area (Å²) in [6.07, 6.45) is 4.84. The summed E-state index contributed by atoms with van der Waals surface area (Å²) in [5.74, 6) is 0.814. The normalized spacial score (nSPS) is 23.6. The lowest BCUT2D eigenvalue weighted by Crippen LogP contribution is -2.43. The molecule has 20 heavy (non-hydrogen) atoms. The molecule has 3 rings (SSSR count). The minimum atomic E-state index is 0. The summed E-state index contributed by atoms with van der Waals surface area (Å²) in [6.45, 7) is 4.82. The van der Waals surface area contributed by atoms with Gasteiger partial charge in [-0.2, -0.15) is 5.10 Å². The SMILES string of the molecule is Cc1cc(C(=O)N2CCC(C3CCCN3)CC2)n[nH]1.Cl. The molecule has 2 aliphatic heterocycles. The second-order valence-electron chi connectivity index (χ2n) is 5.77. The lowest BCUT2D eigenvalue weighted by Gasteiger charge is -2.34. The molecule has 1 atom stereocenters. The van der Waals surface area contributed by atoms with Gasteiger partial charge in [-0.25, -0.2) is 0 Å². The highest BCUT2D eigenvalue weighted by molar-refractivity contribution is 5.92. The first-order valence-corrected chi connectivity index (χ1v) is 7.29. The van der Waals surface area contributed by atoms with Gasteiger partial charge in [-0.3, -0.25) is 9.89 Å². The van der Waals surface area contributed by atoms with Crippen molar-refractivity contribution in [3.05, 3.63) is 17.5 Å². The van der Waals surface area contributed by atoms with E-state index in [2.05, 4.69) is 15.5 Å². The van der Waals surface area contributed by atoms with Crippen molar-refractivity contribution in [2.45, 2.75) is 38.6 Å². The van der Waals surface area contributed by atoms with Gasteiger partial charge in [0.05, 0.1) is 0 Å². The van der Waals surface area contributed by atoms with E-state index in [-0.39, 0.29) is 18.3 Å². The van der Waals surface area contributed by atoms with Crippen molar-refractivity contribution in [1.82, 2.24) is 20.4 Å². The number of nitrogens with zero attached hydrogens (tertiary/aromatic N) is 2. The monoisotopic (exact) mass is 298 g/mol. The Bertz CT molecular complexity index is 448. The summed E-state index contributed by atoms with van der Waals surface area (Å²) in [6, 6.07) is 2.51. The molecule has 1 unspecified atom stereocenters. The van der Waals surface area contributed by atoms with E-state index in [1.165, 1.54) is 12.8 Å². The number of hydrogen-bond acceptors (Lipinski definition) is 3. The second-order valence-corrected chi connectivity index (χ2v) is 5.77. The van der Waals surface area contributed by atoms with Crippen LogP contribution in [0.25, 0.3) is 0 Å². The summed E-state index contributed by atoms with van der Waals surface area (Å²) >= 11 is 0. The van der Waals surface area contributed by atoms with Crippen molar-refractivity contribution >= 4 is 18.3 Å². The smallest absolute Gasteiger partial charge is 0.274 e. The van der Waals surface area contributed by atoms with Gasteiger partial charge in [-0.05, 0) is 51.1 Å². The number of amides is 1. The van der Waals surface area contributed by atoms with Gasteiger partial charge < -0.3 is 10.2 Å². The average molecular weight is 299 g/mol. The van der Waals surface area contributed by atoms with E-state index in [9.17, 15) is 4.79 Å². The van der Waals surface area contributed by atoms with Crippen LogP contribution >= 0.6 is 12.4 Å². The molecule has 1 aromatic rings. The number of hydrogen-bond donors (Lipinski definition) is 2. The number of H-pyrrole nitrogens is 1. The van der Waals surface area contributed by atoms with Gasteiger partial charge in [-0.1, -0.05) is 0 Å². The third kappa shape index (κ3) is 3.15. The molecule has 112 valence electrons. The van der Waals surface area contributed by atoms with Gasteiger partial charge in [-0.15, -0.1) is 12.4 Å². The minimum absolute atomic E-state index is 0. The summed E-state index contributed by atoms with van der Waals surface area (Å²) in [4.78, 5) is 14.2. The van der Waals surface area contributed by atoms with Crippen molar-refractivity contribution < 1.29 is 4.79 Å². The Kier molecular flexibility index (Phi) is 5.05. The van der Waals surface area contributed by atoms with Crippen LogP contribution in [0.15, 0.2) is 6.07 Å². The van der Waals surface area contributed by atoms with Crippen LogP contribution in [0, 0.1) is 12.8 Å². The summed E-state index contributed by atoms with van der Waals surface area (Å²) in [5, 5.41) is 10.5. The number of rotatable bonds is 2. The van der Waals surface area contributed by atoms with Gasteiger partial charge in [0.15, 0.2) is 0 Å². The van der Waals surface area contributed by atoms with Crippen molar-refractivity contribution in [2.24, 2.45) is 5.92 Å². The molecule has 5 nitrogen and oxygen atoms in total. The van der Waals surface area contributed by atoms with E-state index in [4.69, 9.17) is 0 Å². The zero-order valence-electron chi connectivity index (χ0n) is 11.9. The molecule has 0 bridgehead atoms. The summed E-state index contributed by atoms with van der Waals surface area (Å²) in [5.41, 5.74) is 1.49. The Morgan fingerprint density at radius 1 is 1.35 bits per heavy atom. The van der Waals surface area contributed by atoms with E-state index < -0.39 is 0 Å². The van der Waals surface area contributed by atoms with E-state index in [1.54, 1.807) is 0 Å². The first-order chi connectivity index (χ1) is 9.24. The maximum absolute atomic E-state index is 12.3. The lowest BCUT2D eigenvalue weighted by atomic mass is 9.88. The first-order valence-electron chi connectivity index (χ1n) is 7.29. The molecule has 2 fully saturated rings. The van der Waals surface area contributed by atoms with Gasteiger partial charge in [0.25, 0.3) is 5.91 Å². The number of likely N-dealkylation sites (tertiary alicyclic amines) is 1. The van der Waals surface area contributed by atoms with E-state index in [0.717, 1.165) is 44.1 Å². The van der Waals surface area contributed by atoms with Crippen molar-refractivity contribution in [1.29, 1.82) is 0 Å². The Labute approximate surface area is 125 Å². The summed E-state index contributed by atoms with van der Waals surface area (Å²) < 4.78 is 0. The fourth-order valence-corrected chi connectivity index (χ4v) is 3.31. The van der Waals surface area contributed by atoms with Gasteiger partial charge in [0, 0.05) is 24.8 Å². The summed E-state index contributed by atoms with van der Waals surface area (Å²) in [7, 11) is 0. The highest BCUT2D eigenvalue weighted by Gasteiger charge is 2.30. The third-order valence-electron chi connectivity index (χ3n) is 4.42. The molecule has 1 amide bonds. The molecule has 0 aliphatic carbocycles.